The lowest BCUT2D eigenvalue weighted by molar-refractivity contribution is 0.206. The zero-order chi connectivity index (χ0) is 13.3. The van der Waals surface area contributed by atoms with E-state index in [9.17, 15) is 4.21 Å². The van der Waals surface area contributed by atoms with Crippen LogP contribution in [0.15, 0.2) is 29.2 Å². The first-order chi connectivity index (χ1) is 8.43. The normalized spacial score (nSPS) is 28.9. The quantitative estimate of drug-likeness (QED) is 0.893. The molecule has 18 heavy (non-hydrogen) atoms. The fourth-order valence-electron chi connectivity index (χ4n) is 2.79. The number of benzene rings is 1. The second-order valence-electron chi connectivity index (χ2n) is 6.01. The summed E-state index contributed by atoms with van der Waals surface area (Å²) >= 11 is 0. The average Bonchev–Trinajstić information content (AvgIpc) is 2.32. The molecule has 1 fully saturated rings. The van der Waals surface area contributed by atoms with Crippen LogP contribution in [-0.4, -0.2) is 15.5 Å². The van der Waals surface area contributed by atoms with Gasteiger partial charge in [-0.15, -0.1) is 0 Å². The van der Waals surface area contributed by atoms with Crippen LogP contribution in [0, 0.1) is 12.3 Å². The summed E-state index contributed by atoms with van der Waals surface area (Å²) in [7, 11) is -0.983. The minimum atomic E-state index is -0.983. The predicted octanol–water partition coefficient (Wildman–Crippen LogP) is 3.01. The summed E-state index contributed by atoms with van der Waals surface area (Å²) in [5, 5.41) is 0.0925. The van der Waals surface area contributed by atoms with Crippen molar-refractivity contribution in [1.82, 2.24) is 0 Å². The molecule has 1 saturated carbocycles. The lowest BCUT2D eigenvalue weighted by Crippen LogP contribution is -2.51. The van der Waals surface area contributed by atoms with Crippen LogP contribution in [0.3, 0.4) is 0 Å². The summed E-state index contributed by atoms with van der Waals surface area (Å²) in [6.45, 7) is 6.41. The van der Waals surface area contributed by atoms with Crippen LogP contribution in [-0.2, 0) is 10.8 Å². The Kier molecular flexibility index (Phi) is 3.93. The number of aryl methyl sites for hydroxylation is 1. The fraction of sp³-hybridized carbons (Fsp3) is 0.600. The lowest BCUT2D eigenvalue weighted by atomic mass is 9.73. The van der Waals surface area contributed by atoms with Crippen molar-refractivity contribution < 1.29 is 4.21 Å². The summed E-state index contributed by atoms with van der Waals surface area (Å²) in [4.78, 5) is 0.954. The van der Waals surface area contributed by atoms with E-state index >= 15 is 0 Å². The van der Waals surface area contributed by atoms with Gasteiger partial charge >= 0.3 is 0 Å². The smallest absolute Gasteiger partial charge is 0.0579 e. The van der Waals surface area contributed by atoms with Gasteiger partial charge in [0.05, 0.1) is 16.0 Å². The van der Waals surface area contributed by atoms with E-state index in [0.717, 1.165) is 29.7 Å². The number of rotatable bonds is 2. The van der Waals surface area contributed by atoms with E-state index < -0.39 is 10.8 Å². The molecule has 3 atom stereocenters. The Hall–Kier alpha value is -0.670. The first-order valence-corrected chi connectivity index (χ1v) is 7.86. The van der Waals surface area contributed by atoms with Crippen LogP contribution < -0.4 is 5.73 Å². The molecule has 1 aliphatic rings. The minimum Gasteiger partial charge on any atom is -0.326 e. The molecule has 0 aromatic heterocycles. The summed E-state index contributed by atoms with van der Waals surface area (Å²) in [6.07, 6.45) is 3.24. The van der Waals surface area contributed by atoms with Gasteiger partial charge in [0.1, 0.15) is 0 Å². The Balaban J connectivity index is 2.27. The highest BCUT2D eigenvalue weighted by Crippen LogP contribution is 2.38. The molecular weight excluding hydrogens is 242 g/mol. The molecular formula is C15H23NOS. The van der Waals surface area contributed by atoms with Crippen molar-refractivity contribution in [3.05, 3.63) is 29.8 Å². The van der Waals surface area contributed by atoms with Crippen LogP contribution in [0.1, 0.15) is 38.7 Å². The molecule has 3 unspecified atom stereocenters. The maximum absolute atomic E-state index is 12.7. The first-order valence-electron chi connectivity index (χ1n) is 6.65. The van der Waals surface area contributed by atoms with Crippen LogP contribution in [0.4, 0.5) is 0 Å². The maximum atomic E-state index is 12.7. The van der Waals surface area contributed by atoms with Crippen LogP contribution in [0.25, 0.3) is 0 Å². The Bertz CT molecular complexity index is 456. The Morgan fingerprint density at radius 3 is 2.67 bits per heavy atom. The van der Waals surface area contributed by atoms with Gasteiger partial charge < -0.3 is 5.73 Å². The lowest BCUT2D eigenvalue weighted by Gasteiger charge is -2.41. The summed E-state index contributed by atoms with van der Waals surface area (Å²) in [6, 6.07) is 7.96. The van der Waals surface area contributed by atoms with Crippen LogP contribution in [0.5, 0.6) is 0 Å². The summed E-state index contributed by atoms with van der Waals surface area (Å²) in [5.74, 6) is 0. The zero-order valence-corrected chi connectivity index (χ0v) is 12.3. The van der Waals surface area contributed by atoms with Crippen molar-refractivity contribution in [1.29, 1.82) is 0 Å². The topological polar surface area (TPSA) is 43.1 Å². The molecule has 0 bridgehead atoms. The molecule has 0 aliphatic heterocycles. The molecule has 0 amide bonds. The largest absolute Gasteiger partial charge is 0.326 e. The van der Waals surface area contributed by atoms with Gasteiger partial charge in [0, 0.05) is 10.9 Å². The summed E-state index contributed by atoms with van der Waals surface area (Å²) < 4.78 is 12.7. The highest BCUT2D eigenvalue weighted by molar-refractivity contribution is 7.85. The third-order valence-corrected chi connectivity index (χ3v) is 6.17. The molecule has 100 valence electrons. The van der Waals surface area contributed by atoms with Gasteiger partial charge in [-0.25, -0.2) is 0 Å². The van der Waals surface area contributed by atoms with E-state index in [0.29, 0.717) is 0 Å². The Morgan fingerprint density at radius 2 is 2.00 bits per heavy atom. The van der Waals surface area contributed by atoms with E-state index in [1.807, 2.05) is 31.2 Å². The van der Waals surface area contributed by atoms with Crippen molar-refractivity contribution in [3.8, 4) is 0 Å². The molecule has 2 rings (SSSR count). The highest BCUT2D eigenvalue weighted by atomic mass is 32.2. The predicted molar refractivity (Wildman–Crippen MR) is 77.0 cm³/mol. The molecule has 0 spiro atoms. The molecule has 2 N–H and O–H groups in total. The van der Waals surface area contributed by atoms with E-state index in [2.05, 4.69) is 13.8 Å². The van der Waals surface area contributed by atoms with Crippen molar-refractivity contribution in [2.75, 3.05) is 0 Å². The zero-order valence-electron chi connectivity index (χ0n) is 11.5. The van der Waals surface area contributed by atoms with Crippen LogP contribution in [0.2, 0.25) is 0 Å². The van der Waals surface area contributed by atoms with Gasteiger partial charge in [-0.2, -0.15) is 0 Å². The Morgan fingerprint density at radius 1 is 1.33 bits per heavy atom. The molecule has 1 aromatic rings. The van der Waals surface area contributed by atoms with Crippen molar-refractivity contribution in [2.45, 2.75) is 56.2 Å². The monoisotopic (exact) mass is 265 g/mol. The van der Waals surface area contributed by atoms with E-state index in [4.69, 9.17) is 5.73 Å². The Labute approximate surface area is 112 Å². The van der Waals surface area contributed by atoms with Gasteiger partial charge in [0.15, 0.2) is 0 Å². The van der Waals surface area contributed by atoms with E-state index in [1.165, 1.54) is 0 Å². The molecule has 0 radical (unpaired) electrons. The second kappa shape index (κ2) is 5.14. The summed E-state index contributed by atoms with van der Waals surface area (Å²) in [5.41, 5.74) is 7.55. The van der Waals surface area contributed by atoms with E-state index in [-0.39, 0.29) is 16.7 Å². The number of hydrogen-bond donors (Lipinski definition) is 1. The van der Waals surface area contributed by atoms with Crippen molar-refractivity contribution in [3.63, 3.8) is 0 Å². The van der Waals surface area contributed by atoms with Crippen LogP contribution >= 0.6 is 0 Å². The fourth-order valence-corrected chi connectivity index (χ4v) is 4.73. The van der Waals surface area contributed by atoms with Gasteiger partial charge in [-0.3, -0.25) is 4.21 Å². The third-order valence-electron chi connectivity index (χ3n) is 4.20. The SMILES string of the molecule is Cc1ccccc1S(=O)C1CCCC(C)(C)C1N. The van der Waals surface area contributed by atoms with Crippen molar-refractivity contribution >= 4 is 10.8 Å². The average molecular weight is 265 g/mol. The second-order valence-corrected chi connectivity index (χ2v) is 7.65. The molecule has 3 heteroatoms. The van der Waals surface area contributed by atoms with Gasteiger partial charge in [-0.1, -0.05) is 38.5 Å². The molecule has 0 heterocycles. The van der Waals surface area contributed by atoms with E-state index in [1.54, 1.807) is 0 Å². The number of nitrogens with two attached hydrogens (primary N) is 1. The first kappa shape index (κ1) is 13.8. The minimum absolute atomic E-state index is 0.0201. The molecule has 0 saturated heterocycles. The standard InChI is InChI=1S/C15H23NOS/c1-11-7-4-5-8-12(11)18(17)13-9-6-10-15(2,3)14(13)16/h4-5,7-8,13-14H,6,9-10,16H2,1-3H3. The molecule has 2 nitrogen and oxygen atoms in total. The van der Waals surface area contributed by atoms with Crippen molar-refractivity contribution in [2.24, 2.45) is 11.1 Å². The van der Waals surface area contributed by atoms with Gasteiger partial charge in [0.25, 0.3) is 0 Å². The highest BCUT2D eigenvalue weighted by Gasteiger charge is 2.39. The molecule has 1 aliphatic carbocycles. The third kappa shape index (κ3) is 2.52. The molecule has 1 aromatic carbocycles. The number of hydrogen-bond acceptors (Lipinski definition) is 2. The van der Waals surface area contributed by atoms with Gasteiger partial charge in [0.2, 0.25) is 0 Å². The maximum Gasteiger partial charge on any atom is 0.0579 e. The van der Waals surface area contributed by atoms with Gasteiger partial charge in [-0.05, 0) is 36.8 Å².